The maximum Gasteiger partial charge on any atom is 0.213 e. The van der Waals surface area contributed by atoms with E-state index in [-0.39, 0.29) is 11.8 Å². The Bertz CT molecular complexity index is 814. The molecule has 2 heterocycles. The topological polar surface area (TPSA) is 51.5 Å². The van der Waals surface area contributed by atoms with Crippen LogP contribution in [0.4, 0.5) is 0 Å². The van der Waals surface area contributed by atoms with Crippen molar-refractivity contribution >= 4 is 0 Å². The number of ether oxygens (including phenoxy) is 3. The zero-order valence-electron chi connectivity index (χ0n) is 15.0. The van der Waals surface area contributed by atoms with E-state index in [0.29, 0.717) is 19.6 Å². The monoisotopic (exact) mass is 349 g/mol. The van der Waals surface area contributed by atoms with Gasteiger partial charge in [-0.1, -0.05) is 43.3 Å². The Hall–Kier alpha value is -2.51. The molecule has 0 unspecified atom stereocenters. The molecule has 1 saturated heterocycles. The number of aryl methyl sites for hydroxylation is 1. The molecule has 0 saturated carbocycles. The SMILES string of the molecule is C[C@@H]1[C@@H](CC#N)CO[C@]12CCc1ccc(OCc3ccccc3)cc1O2. The Morgan fingerprint density at radius 2 is 2.08 bits per heavy atom. The molecular formula is C22H23NO3. The third kappa shape index (κ3) is 3.15. The van der Waals surface area contributed by atoms with Crippen molar-refractivity contribution in [2.75, 3.05) is 6.61 Å². The zero-order chi connectivity index (χ0) is 18.0. The summed E-state index contributed by atoms with van der Waals surface area (Å²) in [6.45, 7) is 3.26. The minimum atomic E-state index is -0.605. The summed E-state index contributed by atoms with van der Waals surface area (Å²) >= 11 is 0. The first kappa shape index (κ1) is 16.9. The minimum Gasteiger partial charge on any atom is -0.489 e. The fourth-order valence-corrected chi connectivity index (χ4v) is 3.87. The fourth-order valence-electron chi connectivity index (χ4n) is 3.87. The van der Waals surface area contributed by atoms with Gasteiger partial charge in [-0.15, -0.1) is 0 Å². The summed E-state index contributed by atoms with van der Waals surface area (Å²) in [5.74, 6) is 1.46. The van der Waals surface area contributed by atoms with E-state index in [2.05, 4.69) is 19.1 Å². The molecule has 26 heavy (non-hydrogen) atoms. The summed E-state index contributed by atoms with van der Waals surface area (Å²) in [5.41, 5.74) is 2.32. The van der Waals surface area contributed by atoms with E-state index < -0.39 is 5.79 Å². The van der Waals surface area contributed by atoms with E-state index in [1.165, 1.54) is 5.56 Å². The molecule has 0 aromatic heterocycles. The van der Waals surface area contributed by atoms with E-state index in [4.69, 9.17) is 19.5 Å². The van der Waals surface area contributed by atoms with Crippen LogP contribution in [-0.4, -0.2) is 12.4 Å². The fraction of sp³-hybridized carbons (Fsp3) is 0.409. The van der Waals surface area contributed by atoms with Gasteiger partial charge in [0.05, 0.1) is 12.7 Å². The summed E-state index contributed by atoms with van der Waals surface area (Å²) in [6.07, 6.45) is 2.25. The molecule has 0 radical (unpaired) electrons. The van der Waals surface area contributed by atoms with Crippen LogP contribution in [0.15, 0.2) is 48.5 Å². The highest BCUT2D eigenvalue weighted by Gasteiger charge is 2.51. The highest BCUT2D eigenvalue weighted by atomic mass is 16.7. The maximum absolute atomic E-state index is 9.02. The molecule has 0 amide bonds. The van der Waals surface area contributed by atoms with Gasteiger partial charge in [-0.05, 0) is 23.6 Å². The van der Waals surface area contributed by atoms with Crippen LogP contribution in [0.3, 0.4) is 0 Å². The van der Waals surface area contributed by atoms with Crippen molar-refractivity contribution in [1.29, 1.82) is 5.26 Å². The number of nitriles is 1. The molecule has 1 spiro atoms. The van der Waals surface area contributed by atoms with Gasteiger partial charge in [0.2, 0.25) is 5.79 Å². The van der Waals surface area contributed by atoms with Gasteiger partial charge in [0.1, 0.15) is 18.1 Å². The minimum absolute atomic E-state index is 0.198. The van der Waals surface area contributed by atoms with Gasteiger partial charge in [0.25, 0.3) is 0 Å². The van der Waals surface area contributed by atoms with Crippen LogP contribution in [0.1, 0.15) is 30.9 Å². The van der Waals surface area contributed by atoms with E-state index in [9.17, 15) is 0 Å². The Balaban J connectivity index is 1.49. The largest absolute Gasteiger partial charge is 0.489 e. The highest BCUT2D eigenvalue weighted by molar-refractivity contribution is 5.42. The predicted octanol–water partition coefficient (Wildman–Crippen LogP) is 4.48. The van der Waals surface area contributed by atoms with Crippen molar-refractivity contribution < 1.29 is 14.2 Å². The van der Waals surface area contributed by atoms with Crippen LogP contribution in [0, 0.1) is 23.2 Å². The Morgan fingerprint density at radius 3 is 2.88 bits per heavy atom. The van der Waals surface area contributed by atoms with Crippen LogP contribution < -0.4 is 9.47 Å². The molecule has 0 N–H and O–H groups in total. The van der Waals surface area contributed by atoms with Crippen LogP contribution in [0.2, 0.25) is 0 Å². The van der Waals surface area contributed by atoms with E-state index in [0.717, 1.165) is 29.9 Å². The lowest BCUT2D eigenvalue weighted by Crippen LogP contribution is -2.44. The molecule has 4 heteroatoms. The second-order valence-corrected chi connectivity index (χ2v) is 7.18. The lowest BCUT2D eigenvalue weighted by Gasteiger charge is -2.38. The number of rotatable bonds is 4. The first-order valence-electron chi connectivity index (χ1n) is 9.20. The average molecular weight is 349 g/mol. The number of nitrogens with zero attached hydrogens (tertiary/aromatic N) is 1. The molecule has 0 aliphatic carbocycles. The van der Waals surface area contributed by atoms with Crippen LogP contribution in [0.5, 0.6) is 11.5 Å². The van der Waals surface area contributed by atoms with Gasteiger partial charge in [0.15, 0.2) is 0 Å². The van der Waals surface area contributed by atoms with Gasteiger partial charge in [-0.25, -0.2) is 0 Å². The number of benzene rings is 2. The first-order chi connectivity index (χ1) is 12.7. The summed E-state index contributed by atoms with van der Waals surface area (Å²) in [5, 5.41) is 9.02. The van der Waals surface area contributed by atoms with Gasteiger partial charge in [-0.2, -0.15) is 5.26 Å². The second kappa shape index (κ2) is 7.01. The standard InChI is InChI=1S/C22H23NO3/c1-16-19(10-12-23)15-25-22(16)11-9-18-7-8-20(13-21(18)26-22)24-14-17-5-3-2-4-6-17/h2-8,13,16,19H,9-11,14-15H2,1H3/t16-,19+,22+/m1/s1. The number of hydrogen-bond acceptors (Lipinski definition) is 4. The third-order valence-electron chi connectivity index (χ3n) is 5.61. The Morgan fingerprint density at radius 1 is 1.23 bits per heavy atom. The van der Waals surface area contributed by atoms with E-state index in [1.54, 1.807) is 0 Å². The predicted molar refractivity (Wildman–Crippen MR) is 97.7 cm³/mol. The van der Waals surface area contributed by atoms with Gasteiger partial charge >= 0.3 is 0 Å². The van der Waals surface area contributed by atoms with Crippen molar-refractivity contribution in [1.82, 2.24) is 0 Å². The van der Waals surface area contributed by atoms with Crippen molar-refractivity contribution in [3.8, 4) is 17.6 Å². The number of hydrogen-bond donors (Lipinski definition) is 0. The van der Waals surface area contributed by atoms with E-state index in [1.807, 2.05) is 42.5 Å². The maximum atomic E-state index is 9.02. The third-order valence-corrected chi connectivity index (χ3v) is 5.61. The quantitative estimate of drug-likeness (QED) is 0.816. The van der Waals surface area contributed by atoms with Crippen LogP contribution >= 0.6 is 0 Å². The van der Waals surface area contributed by atoms with Crippen LogP contribution in [-0.2, 0) is 17.8 Å². The van der Waals surface area contributed by atoms with Crippen molar-refractivity contribution in [3.63, 3.8) is 0 Å². The molecule has 3 atom stereocenters. The van der Waals surface area contributed by atoms with Gasteiger partial charge in [-0.3, -0.25) is 0 Å². The summed E-state index contributed by atoms with van der Waals surface area (Å²) < 4.78 is 18.4. The molecular weight excluding hydrogens is 326 g/mol. The zero-order valence-corrected chi connectivity index (χ0v) is 15.0. The molecule has 2 aliphatic rings. The molecule has 2 aromatic carbocycles. The lowest BCUT2D eigenvalue weighted by atomic mass is 9.84. The summed E-state index contributed by atoms with van der Waals surface area (Å²) in [6, 6.07) is 18.4. The average Bonchev–Trinajstić information content (AvgIpc) is 2.97. The molecule has 4 nitrogen and oxygen atoms in total. The van der Waals surface area contributed by atoms with E-state index >= 15 is 0 Å². The Labute approximate surface area is 154 Å². The lowest BCUT2D eigenvalue weighted by molar-refractivity contribution is -0.181. The van der Waals surface area contributed by atoms with Crippen LogP contribution in [0.25, 0.3) is 0 Å². The second-order valence-electron chi connectivity index (χ2n) is 7.18. The summed E-state index contributed by atoms with van der Waals surface area (Å²) in [7, 11) is 0. The Kier molecular flexibility index (Phi) is 4.57. The molecule has 4 rings (SSSR count). The highest BCUT2D eigenvalue weighted by Crippen LogP contribution is 2.46. The van der Waals surface area contributed by atoms with Crippen molar-refractivity contribution in [2.45, 2.75) is 38.6 Å². The normalized spacial score (nSPS) is 26.8. The van der Waals surface area contributed by atoms with Crippen molar-refractivity contribution in [3.05, 3.63) is 59.7 Å². The molecule has 1 fully saturated rings. The smallest absolute Gasteiger partial charge is 0.213 e. The molecule has 2 aromatic rings. The molecule has 134 valence electrons. The van der Waals surface area contributed by atoms with Gasteiger partial charge < -0.3 is 14.2 Å². The molecule has 0 bridgehead atoms. The van der Waals surface area contributed by atoms with Gasteiger partial charge in [0, 0.05) is 30.7 Å². The first-order valence-corrected chi connectivity index (χ1v) is 9.20. The summed E-state index contributed by atoms with van der Waals surface area (Å²) in [4.78, 5) is 0. The van der Waals surface area contributed by atoms with Crippen molar-refractivity contribution in [2.24, 2.45) is 11.8 Å². The molecule has 2 aliphatic heterocycles. The number of fused-ring (bicyclic) bond motifs is 1.